The van der Waals surface area contributed by atoms with E-state index in [-0.39, 0.29) is 21.8 Å². The molecule has 0 aliphatic heterocycles. The molecule has 0 spiro atoms. The molecule has 0 bridgehead atoms. The number of alkyl halides is 3. The lowest BCUT2D eigenvalue weighted by atomic mass is 10.1. The quantitative estimate of drug-likeness (QED) is 0.639. The topological polar surface area (TPSA) is 38.9 Å². The Bertz CT molecular complexity index is 590. The van der Waals surface area contributed by atoms with Gasteiger partial charge in [-0.3, -0.25) is 0 Å². The van der Waals surface area contributed by atoms with Crippen LogP contribution in [0, 0.1) is 11.6 Å². The lowest BCUT2D eigenvalue weighted by Crippen LogP contribution is -2.02. The molecule has 1 heterocycles. The molecule has 0 radical (unpaired) electrons. The van der Waals surface area contributed by atoms with Gasteiger partial charge in [0.05, 0.1) is 10.6 Å². The minimum Gasteiger partial charge on any atom is -0.396 e. The number of nitrogens with two attached hydrogens (primary N) is 1. The van der Waals surface area contributed by atoms with Crippen LogP contribution in [0.25, 0.3) is 10.4 Å². The highest BCUT2D eigenvalue weighted by Gasteiger charge is 2.34. The van der Waals surface area contributed by atoms with Crippen molar-refractivity contribution in [3.63, 3.8) is 0 Å². The van der Waals surface area contributed by atoms with E-state index in [4.69, 9.17) is 5.73 Å². The Morgan fingerprint density at radius 1 is 1.11 bits per heavy atom. The first-order chi connectivity index (χ1) is 8.29. The molecule has 0 saturated carbocycles. The Morgan fingerprint density at radius 3 is 2.33 bits per heavy atom. The van der Waals surface area contributed by atoms with Gasteiger partial charge in [-0.2, -0.15) is 13.2 Å². The summed E-state index contributed by atoms with van der Waals surface area (Å²) < 4.78 is 63.6. The molecule has 18 heavy (non-hydrogen) atoms. The maximum atomic E-state index is 13.5. The van der Waals surface area contributed by atoms with Crippen LogP contribution in [0.2, 0.25) is 0 Å². The number of hydrogen-bond acceptors (Lipinski definition) is 3. The van der Waals surface area contributed by atoms with E-state index < -0.39 is 28.5 Å². The first-order valence-corrected chi connectivity index (χ1v) is 5.38. The van der Waals surface area contributed by atoms with Crippen LogP contribution in [0.1, 0.15) is 5.01 Å². The lowest BCUT2D eigenvalue weighted by Gasteiger charge is -2.03. The van der Waals surface area contributed by atoms with Crippen molar-refractivity contribution >= 4 is 17.0 Å². The number of rotatable bonds is 1. The number of aromatic nitrogens is 1. The van der Waals surface area contributed by atoms with E-state index in [0.717, 1.165) is 18.3 Å². The Labute approximate surface area is 102 Å². The number of nitrogen functional groups attached to an aromatic ring is 1. The van der Waals surface area contributed by atoms with Crippen molar-refractivity contribution in [3.8, 4) is 10.4 Å². The molecule has 1 aromatic heterocycles. The van der Waals surface area contributed by atoms with E-state index in [1.54, 1.807) is 0 Å². The molecular formula is C10H5F5N2S. The second-order valence-corrected chi connectivity index (χ2v) is 4.41. The van der Waals surface area contributed by atoms with E-state index in [1.165, 1.54) is 0 Å². The number of benzene rings is 1. The van der Waals surface area contributed by atoms with Gasteiger partial charge >= 0.3 is 6.18 Å². The van der Waals surface area contributed by atoms with Gasteiger partial charge in [-0.15, -0.1) is 11.3 Å². The SMILES string of the molecule is Nc1cc(F)c(-c2cnc(C(F)(F)F)s2)cc1F. The van der Waals surface area contributed by atoms with Crippen molar-refractivity contribution in [1.82, 2.24) is 4.98 Å². The highest BCUT2D eigenvalue weighted by atomic mass is 32.1. The second-order valence-electron chi connectivity index (χ2n) is 3.38. The molecule has 2 nitrogen and oxygen atoms in total. The highest BCUT2D eigenvalue weighted by Crippen LogP contribution is 2.37. The number of halogens is 5. The normalized spacial score (nSPS) is 11.8. The molecule has 8 heteroatoms. The van der Waals surface area contributed by atoms with Gasteiger partial charge in [0.2, 0.25) is 0 Å². The number of hydrogen-bond donors (Lipinski definition) is 1. The third-order valence-corrected chi connectivity index (χ3v) is 3.18. The van der Waals surface area contributed by atoms with E-state index in [9.17, 15) is 22.0 Å². The third-order valence-electron chi connectivity index (χ3n) is 2.10. The minimum atomic E-state index is -4.61. The maximum absolute atomic E-state index is 13.5. The van der Waals surface area contributed by atoms with E-state index in [2.05, 4.69) is 4.98 Å². The predicted molar refractivity (Wildman–Crippen MR) is 56.9 cm³/mol. The van der Waals surface area contributed by atoms with Crippen LogP contribution in [-0.2, 0) is 6.18 Å². The molecule has 2 aromatic rings. The van der Waals surface area contributed by atoms with Gasteiger partial charge in [0.25, 0.3) is 0 Å². The Kier molecular flexibility index (Phi) is 2.97. The fraction of sp³-hybridized carbons (Fsp3) is 0.100. The number of nitrogens with zero attached hydrogens (tertiary/aromatic N) is 1. The monoisotopic (exact) mass is 280 g/mol. The maximum Gasteiger partial charge on any atom is 0.443 e. The van der Waals surface area contributed by atoms with Crippen LogP contribution in [0.4, 0.5) is 27.6 Å². The van der Waals surface area contributed by atoms with Crippen molar-refractivity contribution < 1.29 is 22.0 Å². The van der Waals surface area contributed by atoms with Crippen molar-refractivity contribution in [2.24, 2.45) is 0 Å². The predicted octanol–water partition coefficient (Wildman–Crippen LogP) is 3.69. The largest absolute Gasteiger partial charge is 0.443 e. The summed E-state index contributed by atoms with van der Waals surface area (Å²) in [7, 11) is 0. The molecule has 1 aromatic carbocycles. The van der Waals surface area contributed by atoms with Crippen molar-refractivity contribution in [3.05, 3.63) is 35.0 Å². The van der Waals surface area contributed by atoms with Crippen LogP contribution in [-0.4, -0.2) is 4.98 Å². The molecular weight excluding hydrogens is 275 g/mol. The standard InChI is InChI=1S/C10H5F5N2S/c11-5-2-7(16)6(12)1-4(5)8-3-17-9(18-8)10(13,14)15/h1-3H,16H2. The van der Waals surface area contributed by atoms with Crippen LogP contribution < -0.4 is 5.73 Å². The molecule has 0 amide bonds. The smallest absolute Gasteiger partial charge is 0.396 e. The first-order valence-electron chi connectivity index (χ1n) is 4.57. The van der Waals surface area contributed by atoms with Gasteiger partial charge < -0.3 is 5.73 Å². The summed E-state index contributed by atoms with van der Waals surface area (Å²) in [5.41, 5.74) is 4.43. The van der Waals surface area contributed by atoms with E-state index >= 15 is 0 Å². The zero-order valence-corrected chi connectivity index (χ0v) is 9.37. The second kappa shape index (κ2) is 4.20. The van der Waals surface area contributed by atoms with Crippen LogP contribution in [0.5, 0.6) is 0 Å². The molecule has 0 saturated heterocycles. The van der Waals surface area contributed by atoms with E-state index in [0.29, 0.717) is 0 Å². The highest BCUT2D eigenvalue weighted by molar-refractivity contribution is 7.15. The fourth-order valence-corrected chi connectivity index (χ4v) is 2.08. The van der Waals surface area contributed by atoms with Crippen molar-refractivity contribution in [2.45, 2.75) is 6.18 Å². The number of thiazole rings is 1. The summed E-state index contributed by atoms with van der Waals surface area (Å²) in [5, 5.41) is -1.12. The lowest BCUT2D eigenvalue weighted by molar-refractivity contribution is -0.137. The Hall–Kier alpha value is -1.70. The van der Waals surface area contributed by atoms with E-state index in [1.807, 2.05) is 0 Å². The average Bonchev–Trinajstić information content (AvgIpc) is 2.72. The van der Waals surface area contributed by atoms with Gasteiger partial charge in [-0.25, -0.2) is 13.8 Å². The summed E-state index contributed by atoms with van der Waals surface area (Å²) in [6, 6.07) is 1.47. The third kappa shape index (κ3) is 2.28. The Balaban J connectivity index is 2.50. The van der Waals surface area contributed by atoms with Crippen LogP contribution >= 0.6 is 11.3 Å². The molecule has 0 aliphatic rings. The molecule has 96 valence electrons. The van der Waals surface area contributed by atoms with Crippen molar-refractivity contribution in [2.75, 3.05) is 5.73 Å². The molecule has 0 aliphatic carbocycles. The van der Waals surface area contributed by atoms with Gasteiger partial charge in [-0.05, 0) is 6.07 Å². The summed E-state index contributed by atoms with van der Waals surface area (Å²) in [6.45, 7) is 0. The molecule has 0 atom stereocenters. The Morgan fingerprint density at radius 2 is 1.78 bits per heavy atom. The molecule has 0 unspecified atom stereocenters. The average molecular weight is 280 g/mol. The minimum absolute atomic E-state index is 0.112. The zero-order valence-electron chi connectivity index (χ0n) is 8.55. The summed E-state index contributed by atoms with van der Waals surface area (Å²) in [5.74, 6) is -1.79. The van der Waals surface area contributed by atoms with Gasteiger partial charge in [0, 0.05) is 17.8 Å². The summed E-state index contributed by atoms with van der Waals surface area (Å²) >= 11 is 0.238. The fourth-order valence-electron chi connectivity index (χ4n) is 1.28. The van der Waals surface area contributed by atoms with Crippen molar-refractivity contribution in [1.29, 1.82) is 0 Å². The van der Waals surface area contributed by atoms with Gasteiger partial charge in [-0.1, -0.05) is 0 Å². The molecule has 2 N–H and O–H groups in total. The summed E-state index contributed by atoms with van der Waals surface area (Å²) in [4.78, 5) is 3.02. The zero-order chi connectivity index (χ0) is 13.5. The van der Waals surface area contributed by atoms with Gasteiger partial charge in [0.1, 0.15) is 11.6 Å². The van der Waals surface area contributed by atoms with Crippen LogP contribution in [0.3, 0.4) is 0 Å². The number of anilines is 1. The first kappa shape index (κ1) is 12.7. The molecule has 0 fully saturated rings. The van der Waals surface area contributed by atoms with Crippen LogP contribution in [0.15, 0.2) is 18.3 Å². The molecule has 2 rings (SSSR count). The van der Waals surface area contributed by atoms with Gasteiger partial charge in [0.15, 0.2) is 5.01 Å². The summed E-state index contributed by atoms with van der Waals surface area (Å²) in [6.07, 6.45) is -3.76.